The van der Waals surface area contributed by atoms with Crippen molar-refractivity contribution in [3.05, 3.63) is 64.2 Å². The summed E-state index contributed by atoms with van der Waals surface area (Å²) in [5.74, 6) is 0. The van der Waals surface area contributed by atoms with Crippen LogP contribution in [0, 0.1) is 27.7 Å². The first kappa shape index (κ1) is 14.0. The molecular formula is C17H19OP. The SMILES string of the molecule is Cc1cc(C)c(C(=O)Pc2ccccc2C)c(C)c1. The van der Waals surface area contributed by atoms with Gasteiger partial charge in [0.2, 0.25) is 0 Å². The largest absolute Gasteiger partial charge is 0.289 e. The highest BCUT2D eigenvalue weighted by molar-refractivity contribution is 7.66. The number of carbonyl (C=O) groups is 1. The van der Waals surface area contributed by atoms with E-state index in [-0.39, 0.29) is 14.1 Å². The van der Waals surface area contributed by atoms with Crippen LogP contribution in [0.1, 0.15) is 32.6 Å². The summed E-state index contributed by atoms with van der Waals surface area (Å²) >= 11 is 0. The van der Waals surface area contributed by atoms with Crippen LogP contribution in [0.25, 0.3) is 0 Å². The Kier molecular flexibility index (Phi) is 4.17. The predicted octanol–water partition coefficient (Wildman–Crippen LogP) is 4.06. The summed E-state index contributed by atoms with van der Waals surface area (Å²) in [4.78, 5) is 12.5. The fourth-order valence-electron chi connectivity index (χ4n) is 2.44. The molecule has 2 heteroatoms. The summed E-state index contributed by atoms with van der Waals surface area (Å²) < 4.78 is 0. The molecule has 1 unspecified atom stereocenters. The molecule has 0 amide bonds. The minimum atomic E-state index is 0.205. The molecule has 0 bridgehead atoms. The normalized spacial score (nSPS) is 11.2. The average Bonchev–Trinajstić information content (AvgIpc) is 2.30. The molecule has 0 aliphatic heterocycles. The van der Waals surface area contributed by atoms with Crippen LogP contribution in [-0.2, 0) is 0 Å². The number of hydrogen-bond donors (Lipinski definition) is 0. The van der Waals surface area contributed by atoms with E-state index in [1.165, 1.54) is 11.1 Å². The molecule has 0 aliphatic rings. The van der Waals surface area contributed by atoms with E-state index in [0.717, 1.165) is 22.0 Å². The Morgan fingerprint density at radius 2 is 1.47 bits per heavy atom. The second kappa shape index (κ2) is 5.67. The monoisotopic (exact) mass is 270 g/mol. The maximum Gasteiger partial charge on any atom is 0.186 e. The second-order valence-electron chi connectivity index (χ2n) is 5.04. The van der Waals surface area contributed by atoms with Crippen molar-refractivity contribution in [1.29, 1.82) is 0 Å². The van der Waals surface area contributed by atoms with Crippen LogP contribution in [0.15, 0.2) is 36.4 Å². The number of rotatable bonds is 3. The lowest BCUT2D eigenvalue weighted by Gasteiger charge is -2.11. The number of carbonyl (C=O) groups excluding carboxylic acids is 1. The van der Waals surface area contributed by atoms with Gasteiger partial charge >= 0.3 is 0 Å². The van der Waals surface area contributed by atoms with Crippen LogP contribution in [0.4, 0.5) is 0 Å². The lowest BCUT2D eigenvalue weighted by molar-refractivity contribution is 0.108. The first-order chi connectivity index (χ1) is 8.99. The standard InChI is InChI=1S/C17H19OP/c1-11-9-13(3)16(14(4)10-11)17(18)19-15-8-6-5-7-12(15)2/h5-10,19H,1-4H3. The molecule has 2 aromatic carbocycles. The van der Waals surface area contributed by atoms with Gasteiger partial charge in [0.25, 0.3) is 0 Å². The number of aryl methyl sites for hydroxylation is 4. The molecule has 2 aromatic rings. The third-order valence-electron chi connectivity index (χ3n) is 3.30. The Balaban J connectivity index is 2.34. The highest BCUT2D eigenvalue weighted by Gasteiger charge is 2.14. The fraction of sp³-hybridized carbons (Fsp3) is 0.235. The predicted molar refractivity (Wildman–Crippen MR) is 84.1 cm³/mol. The van der Waals surface area contributed by atoms with Gasteiger partial charge in [0.15, 0.2) is 5.52 Å². The molecular weight excluding hydrogens is 251 g/mol. The lowest BCUT2D eigenvalue weighted by atomic mass is 10.0. The molecule has 1 atom stereocenters. The zero-order valence-corrected chi connectivity index (χ0v) is 12.9. The van der Waals surface area contributed by atoms with Crippen molar-refractivity contribution in [1.82, 2.24) is 0 Å². The summed E-state index contributed by atoms with van der Waals surface area (Å²) in [5, 5.41) is 1.15. The summed E-state index contributed by atoms with van der Waals surface area (Å²) in [6.45, 7) is 8.17. The summed E-state index contributed by atoms with van der Waals surface area (Å²) in [6.07, 6.45) is 0. The van der Waals surface area contributed by atoms with E-state index in [4.69, 9.17) is 0 Å². The van der Waals surface area contributed by atoms with Gasteiger partial charge in [-0.2, -0.15) is 0 Å². The summed E-state index contributed by atoms with van der Waals surface area (Å²) in [5.41, 5.74) is 5.71. The van der Waals surface area contributed by atoms with Crippen LogP contribution < -0.4 is 5.30 Å². The zero-order valence-electron chi connectivity index (χ0n) is 11.9. The van der Waals surface area contributed by atoms with Gasteiger partial charge in [-0.05, 0) is 58.3 Å². The van der Waals surface area contributed by atoms with Crippen LogP contribution in [0.2, 0.25) is 0 Å². The van der Waals surface area contributed by atoms with Crippen molar-refractivity contribution in [3.8, 4) is 0 Å². The molecule has 0 heterocycles. The molecule has 0 radical (unpaired) electrons. The van der Waals surface area contributed by atoms with Gasteiger partial charge in [-0.1, -0.05) is 42.0 Å². The van der Waals surface area contributed by atoms with Crippen LogP contribution in [-0.4, -0.2) is 5.52 Å². The maximum atomic E-state index is 12.5. The Morgan fingerprint density at radius 1 is 0.895 bits per heavy atom. The van der Waals surface area contributed by atoms with Crippen molar-refractivity contribution in [2.24, 2.45) is 0 Å². The van der Waals surface area contributed by atoms with Crippen molar-refractivity contribution in [2.45, 2.75) is 27.7 Å². The van der Waals surface area contributed by atoms with Crippen molar-refractivity contribution in [3.63, 3.8) is 0 Å². The van der Waals surface area contributed by atoms with Gasteiger partial charge in [-0.25, -0.2) is 0 Å². The van der Waals surface area contributed by atoms with Crippen molar-refractivity contribution < 1.29 is 4.79 Å². The first-order valence-corrected chi connectivity index (χ1v) is 7.44. The van der Waals surface area contributed by atoms with E-state index in [1.54, 1.807) is 0 Å². The summed E-state index contributed by atoms with van der Waals surface area (Å²) in [7, 11) is 0.205. The van der Waals surface area contributed by atoms with Gasteiger partial charge in [0, 0.05) is 5.56 Å². The smallest absolute Gasteiger partial charge is 0.186 e. The topological polar surface area (TPSA) is 17.1 Å². The van der Waals surface area contributed by atoms with Crippen LogP contribution >= 0.6 is 8.58 Å². The third kappa shape index (κ3) is 3.11. The zero-order chi connectivity index (χ0) is 14.0. The highest BCUT2D eigenvalue weighted by atomic mass is 31.1. The maximum absolute atomic E-state index is 12.5. The quantitative estimate of drug-likeness (QED) is 0.768. The fourth-order valence-corrected chi connectivity index (χ4v) is 3.66. The molecule has 98 valence electrons. The van der Waals surface area contributed by atoms with E-state index in [2.05, 4.69) is 32.0 Å². The molecule has 19 heavy (non-hydrogen) atoms. The molecule has 0 fully saturated rings. The van der Waals surface area contributed by atoms with E-state index < -0.39 is 0 Å². The number of hydrogen-bond acceptors (Lipinski definition) is 1. The molecule has 0 N–H and O–H groups in total. The number of benzene rings is 2. The average molecular weight is 270 g/mol. The molecule has 0 aliphatic carbocycles. The van der Waals surface area contributed by atoms with Crippen LogP contribution in [0.5, 0.6) is 0 Å². The Labute approximate surface area is 116 Å². The van der Waals surface area contributed by atoms with E-state index in [0.29, 0.717) is 0 Å². The van der Waals surface area contributed by atoms with Gasteiger partial charge < -0.3 is 0 Å². The third-order valence-corrected chi connectivity index (χ3v) is 4.60. The summed E-state index contributed by atoms with van der Waals surface area (Å²) in [6, 6.07) is 12.3. The lowest BCUT2D eigenvalue weighted by Crippen LogP contribution is -2.07. The second-order valence-corrected chi connectivity index (χ2v) is 6.29. The van der Waals surface area contributed by atoms with Gasteiger partial charge in [-0.3, -0.25) is 4.79 Å². The molecule has 0 saturated carbocycles. The van der Waals surface area contributed by atoms with Gasteiger partial charge in [0.05, 0.1) is 0 Å². The molecule has 0 saturated heterocycles. The van der Waals surface area contributed by atoms with E-state index >= 15 is 0 Å². The molecule has 2 rings (SSSR count). The highest BCUT2D eigenvalue weighted by Crippen LogP contribution is 2.26. The van der Waals surface area contributed by atoms with Crippen molar-refractivity contribution >= 4 is 19.4 Å². The minimum absolute atomic E-state index is 0.205. The van der Waals surface area contributed by atoms with Crippen LogP contribution in [0.3, 0.4) is 0 Å². The van der Waals surface area contributed by atoms with Crippen molar-refractivity contribution in [2.75, 3.05) is 0 Å². The first-order valence-electron chi connectivity index (χ1n) is 6.44. The Morgan fingerprint density at radius 3 is 2.05 bits per heavy atom. The Bertz CT molecular complexity index is 606. The Hall–Kier alpha value is -1.46. The van der Waals surface area contributed by atoms with E-state index in [1.807, 2.05) is 32.0 Å². The van der Waals surface area contributed by atoms with Gasteiger partial charge in [-0.15, -0.1) is 0 Å². The van der Waals surface area contributed by atoms with E-state index in [9.17, 15) is 4.79 Å². The minimum Gasteiger partial charge on any atom is -0.289 e. The van der Waals surface area contributed by atoms with Gasteiger partial charge in [0.1, 0.15) is 0 Å². The molecule has 1 nitrogen and oxygen atoms in total. The molecule has 0 aromatic heterocycles. The molecule has 0 spiro atoms.